The second-order valence-corrected chi connectivity index (χ2v) is 5.64. The number of hydrogen-bond donors (Lipinski definition) is 2. The predicted molar refractivity (Wildman–Crippen MR) is 71.5 cm³/mol. The Morgan fingerprint density at radius 3 is 2.31 bits per heavy atom. The van der Waals surface area contributed by atoms with Crippen LogP contribution >= 0.6 is 15.9 Å². The van der Waals surface area contributed by atoms with Gasteiger partial charge in [-0.2, -0.15) is 0 Å². The van der Waals surface area contributed by atoms with Gasteiger partial charge in [-0.05, 0) is 39.3 Å². The molecule has 2 atom stereocenters. The number of halogens is 1. The van der Waals surface area contributed by atoms with E-state index in [1.165, 1.54) is 5.56 Å². The van der Waals surface area contributed by atoms with Crippen LogP contribution in [-0.4, -0.2) is 16.7 Å². The van der Waals surface area contributed by atoms with Crippen LogP contribution in [0.4, 0.5) is 0 Å². The molecule has 0 radical (unpaired) electrons. The van der Waals surface area contributed by atoms with Gasteiger partial charge < -0.3 is 10.4 Å². The van der Waals surface area contributed by atoms with Crippen molar-refractivity contribution in [1.82, 2.24) is 5.32 Å². The number of rotatable bonds is 4. The first-order valence-corrected chi connectivity index (χ1v) is 6.34. The maximum atomic E-state index is 9.88. The van der Waals surface area contributed by atoms with Crippen LogP contribution in [0.1, 0.15) is 39.3 Å². The van der Waals surface area contributed by atoms with Crippen LogP contribution in [0, 0.1) is 0 Å². The van der Waals surface area contributed by atoms with E-state index in [-0.39, 0.29) is 12.1 Å². The highest BCUT2D eigenvalue weighted by Crippen LogP contribution is 2.24. The highest BCUT2D eigenvalue weighted by molar-refractivity contribution is 9.10. The lowest BCUT2D eigenvalue weighted by atomic mass is 9.98. The van der Waals surface area contributed by atoms with Gasteiger partial charge in [0.2, 0.25) is 0 Å². The second-order valence-electron chi connectivity index (χ2n) is 4.79. The topological polar surface area (TPSA) is 32.3 Å². The van der Waals surface area contributed by atoms with E-state index in [1.54, 1.807) is 0 Å². The molecule has 16 heavy (non-hydrogen) atoms. The van der Waals surface area contributed by atoms with Crippen molar-refractivity contribution in [1.29, 1.82) is 0 Å². The largest absolute Gasteiger partial charge is 0.389 e. The van der Waals surface area contributed by atoms with E-state index in [4.69, 9.17) is 0 Å². The predicted octanol–water partition coefficient (Wildman–Crippen LogP) is 3.26. The zero-order valence-corrected chi connectivity index (χ0v) is 11.9. The number of benzene rings is 1. The Morgan fingerprint density at radius 1 is 1.25 bits per heavy atom. The summed E-state index contributed by atoms with van der Waals surface area (Å²) in [6, 6.07) is 8.38. The highest BCUT2D eigenvalue weighted by atomic mass is 79.9. The third kappa shape index (κ3) is 3.58. The van der Waals surface area contributed by atoms with E-state index in [1.807, 2.05) is 39.0 Å². The summed E-state index contributed by atoms with van der Waals surface area (Å²) in [5.41, 5.74) is 0.494. The second kappa shape index (κ2) is 5.30. The van der Waals surface area contributed by atoms with E-state index in [2.05, 4.69) is 34.2 Å². The molecule has 1 unspecified atom stereocenters. The van der Waals surface area contributed by atoms with E-state index in [0.717, 1.165) is 4.47 Å². The number of hydrogen-bond acceptors (Lipinski definition) is 2. The van der Waals surface area contributed by atoms with E-state index in [9.17, 15) is 5.11 Å². The SMILES string of the molecule is CC(N[C@@H](C)c1ccccc1Br)C(C)(C)O. The summed E-state index contributed by atoms with van der Waals surface area (Å²) < 4.78 is 1.10. The van der Waals surface area contributed by atoms with Gasteiger partial charge in [-0.3, -0.25) is 0 Å². The van der Waals surface area contributed by atoms with Crippen LogP contribution in [0.15, 0.2) is 28.7 Å². The molecule has 0 saturated carbocycles. The van der Waals surface area contributed by atoms with Gasteiger partial charge in [0.25, 0.3) is 0 Å². The fourth-order valence-corrected chi connectivity index (χ4v) is 2.12. The molecule has 1 rings (SSSR count). The van der Waals surface area contributed by atoms with E-state index < -0.39 is 5.60 Å². The maximum absolute atomic E-state index is 9.88. The summed E-state index contributed by atoms with van der Waals surface area (Å²) in [6.45, 7) is 7.73. The Bertz CT molecular complexity index is 346. The maximum Gasteiger partial charge on any atom is 0.0741 e. The minimum absolute atomic E-state index is 0.0367. The van der Waals surface area contributed by atoms with E-state index in [0.29, 0.717) is 0 Å². The average Bonchev–Trinajstić information content (AvgIpc) is 2.16. The van der Waals surface area contributed by atoms with Crippen LogP contribution in [0.25, 0.3) is 0 Å². The Balaban J connectivity index is 2.73. The van der Waals surface area contributed by atoms with Crippen molar-refractivity contribution < 1.29 is 5.11 Å². The minimum atomic E-state index is -0.713. The normalized spacial score (nSPS) is 15.9. The van der Waals surface area contributed by atoms with Crippen molar-refractivity contribution in [2.24, 2.45) is 0 Å². The molecule has 1 aromatic carbocycles. The summed E-state index contributed by atoms with van der Waals surface area (Å²) in [5.74, 6) is 0. The first-order valence-electron chi connectivity index (χ1n) is 5.55. The molecule has 90 valence electrons. The third-order valence-electron chi connectivity index (χ3n) is 2.93. The lowest BCUT2D eigenvalue weighted by Crippen LogP contribution is -2.45. The molecule has 0 heterocycles. The van der Waals surface area contributed by atoms with Gasteiger partial charge >= 0.3 is 0 Å². The van der Waals surface area contributed by atoms with E-state index >= 15 is 0 Å². The molecule has 0 aliphatic heterocycles. The summed E-state index contributed by atoms with van der Waals surface area (Å²) in [7, 11) is 0. The highest BCUT2D eigenvalue weighted by Gasteiger charge is 2.24. The van der Waals surface area contributed by atoms with Crippen molar-refractivity contribution in [2.45, 2.75) is 45.4 Å². The average molecular weight is 286 g/mol. The number of aliphatic hydroxyl groups is 1. The standard InChI is InChI=1S/C13H20BrNO/c1-9(15-10(2)13(3,4)16)11-7-5-6-8-12(11)14/h5-10,15-16H,1-4H3/t9-,10?/m0/s1. The van der Waals surface area contributed by atoms with Crippen LogP contribution in [-0.2, 0) is 0 Å². The molecule has 0 saturated heterocycles. The molecule has 0 aromatic heterocycles. The first kappa shape index (κ1) is 13.7. The molecule has 1 aromatic rings. The first-order chi connectivity index (χ1) is 7.32. The van der Waals surface area contributed by atoms with Crippen molar-refractivity contribution in [3.05, 3.63) is 34.3 Å². The van der Waals surface area contributed by atoms with Crippen molar-refractivity contribution in [3.8, 4) is 0 Å². The molecule has 3 heteroatoms. The molecular weight excluding hydrogens is 266 g/mol. The van der Waals surface area contributed by atoms with Crippen molar-refractivity contribution in [3.63, 3.8) is 0 Å². The molecule has 0 fully saturated rings. The molecule has 0 amide bonds. The summed E-state index contributed by atoms with van der Waals surface area (Å²) in [6.07, 6.45) is 0. The van der Waals surface area contributed by atoms with Crippen LogP contribution < -0.4 is 5.32 Å². The van der Waals surface area contributed by atoms with Gasteiger partial charge in [0.1, 0.15) is 0 Å². The quantitative estimate of drug-likeness (QED) is 0.890. The third-order valence-corrected chi connectivity index (χ3v) is 3.65. The summed E-state index contributed by atoms with van der Waals surface area (Å²) in [4.78, 5) is 0. The molecule has 0 spiro atoms. The fraction of sp³-hybridized carbons (Fsp3) is 0.538. The van der Waals surface area contributed by atoms with Crippen LogP contribution in [0.5, 0.6) is 0 Å². The van der Waals surface area contributed by atoms with Gasteiger partial charge in [-0.1, -0.05) is 34.1 Å². The zero-order chi connectivity index (χ0) is 12.3. The van der Waals surface area contributed by atoms with Gasteiger partial charge in [-0.25, -0.2) is 0 Å². The van der Waals surface area contributed by atoms with Gasteiger partial charge in [-0.15, -0.1) is 0 Å². The number of nitrogens with one attached hydrogen (secondary N) is 1. The molecular formula is C13H20BrNO. The Labute approximate surface area is 106 Å². The fourth-order valence-electron chi connectivity index (χ4n) is 1.49. The summed E-state index contributed by atoms with van der Waals surface area (Å²) >= 11 is 3.53. The van der Waals surface area contributed by atoms with Gasteiger partial charge in [0, 0.05) is 16.6 Å². The Kier molecular flexibility index (Phi) is 4.53. The monoisotopic (exact) mass is 285 g/mol. The molecule has 0 aliphatic carbocycles. The molecule has 2 N–H and O–H groups in total. The smallest absolute Gasteiger partial charge is 0.0741 e. The van der Waals surface area contributed by atoms with Crippen LogP contribution in [0.3, 0.4) is 0 Å². The Hall–Kier alpha value is -0.380. The molecule has 0 bridgehead atoms. The van der Waals surface area contributed by atoms with Crippen molar-refractivity contribution in [2.75, 3.05) is 0 Å². The van der Waals surface area contributed by atoms with Gasteiger partial charge in [0.05, 0.1) is 5.60 Å². The molecule has 2 nitrogen and oxygen atoms in total. The van der Waals surface area contributed by atoms with Gasteiger partial charge in [0.15, 0.2) is 0 Å². The molecule has 0 aliphatic rings. The summed E-state index contributed by atoms with van der Waals surface area (Å²) in [5, 5.41) is 13.3. The Morgan fingerprint density at radius 2 is 1.81 bits per heavy atom. The minimum Gasteiger partial charge on any atom is -0.389 e. The van der Waals surface area contributed by atoms with Crippen LogP contribution in [0.2, 0.25) is 0 Å². The van der Waals surface area contributed by atoms with Crippen molar-refractivity contribution >= 4 is 15.9 Å². The zero-order valence-electron chi connectivity index (χ0n) is 10.3. The lowest BCUT2D eigenvalue weighted by molar-refractivity contribution is 0.0405. The lowest BCUT2D eigenvalue weighted by Gasteiger charge is -2.30.